The van der Waals surface area contributed by atoms with Gasteiger partial charge in [-0.15, -0.1) is 13.2 Å². The van der Waals surface area contributed by atoms with Gasteiger partial charge >= 0.3 is 6.36 Å². The SMILES string of the molecule is OC1CN(c2cc(Nc3ccccc3OC(F)(F)F)ncn2)CCC1N1CCc2ccccc2C1. The molecule has 3 aromatic rings. The molecule has 2 unspecified atom stereocenters. The lowest BCUT2D eigenvalue weighted by Crippen LogP contribution is -2.55. The summed E-state index contributed by atoms with van der Waals surface area (Å²) in [7, 11) is 0. The number of benzene rings is 2. The van der Waals surface area contributed by atoms with Gasteiger partial charge in [-0.3, -0.25) is 4.90 Å². The van der Waals surface area contributed by atoms with Gasteiger partial charge in [-0.05, 0) is 36.1 Å². The summed E-state index contributed by atoms with van der Waals surface area (Å²) < 4.78 is 42.3. The standard InChI is InChI=1S/C25H26F3N5O2/c26-25(27,28)35-22-8-4-3-7-19(22)31-23-13-24(30-16-29-23)33-12-10-20(21(34)15-33)32-11-9-17-5-1-2-6-18(17)14-32/h1-8,13,16,20-21,34H,9-12,14-15H2,(H,29,30,31). The zero-order valence-electron chi connectivity index (χ0n) is 18.9. The Morgan fingerprint density at radius 2 is 1.77 bits per heavy atom. The van der Waals surface area contributed by atoms with Crippen LogP contribution in [0.3, 0.4) is 0 Å². The van der Waals surface area contributed by atoms with Crippen molar-refractivity contribution in [2.45, 2.75) is 37.9 Å². The molecular weight excluding hydrogens is 459 g/mol. The Labute approximate surface area is 201 Å². The molecule has 0 bridgehead atoms. The molecule has 7 nitrogen and oxygen atoms in total. The highest BCUT2D eigenvalue weighted by molar-refractivity contribution is 5.65. The topological polar surface area (TPSA) is 73.8 Å². The number of nitrogens with one attached hydrogen (secondary N) is 1. The Morgan fingerprint density at radius 3 is 2.57 bits per heavy atom. The van der Waals surface area contributed by atoms with Gasteiger partial charge in [-0.25, -0.2) is 9.97 Å². The maximum Gasteiger partial charge on any atom is 0.573 e. The highest BCUT2D eigenvalue weighted by atomic mass is 19.4. The normalized spacial score (nSPS) is 20.9. The van der Waals surface area contributed by atoms with Gasteiger partial charge in [0.25, 0.3) is 0 Å². The van der Waals surface area contributed by atoms with Gasteiger partial charge in [-0.2, -0.15) is 0 Å². The third-order valence-corrected chi connectivity index (χ3v) is 6.53. The van der Waals surface area contributed by atoms with Crippen LogP contribution in [0.15, 0.2) is 60.9 Å². The Kier molecular flexibility index (Phi) is 6.48. The average Bonchev–Trinajstić information content (AvgIpc) is 2.84. The minimum Gasteiger partial charge on any atom is -0.404 e. The second-order valence-corrected chi connectivity index (χ2v) is 8.79. The van der Waals surface area contributed by atoms with E-state index in [0.29, 0.717) is 24.7 Å². The lowest BCUT2D eigenvalue weighted by atomic mass is 9.94. The first-order chi connectivity index (χ1) is 16.9. The van der Waals surface area contributed by atoms with Crippen LogP contribution in [0, 0.1) is 0 Å². The Hall–Kier alpha value is -3.37. The van der Waals surface area contributed by atoms with Crippen molar-refractivity contribution in [2.24, 2.45) is 0 Å². The van der Waals surface area contributed by atoms with Gasteiger partial charge in [-0.1, -0.05) is 36.4 Å². The Morgan fingerprint density at radius 1 is 1.00 bits per heavy atom. The molecule has 0 saturated carbocycles. The molecule has 1 aromatic heterocycles. The zero-order valence-corrected chi connectivity index (χ0v) is 18.9. The Bertz CT molecular complexity index is 1180. The molecule has 1 fully saturated rings. The molecule has 0 aliphatic carbocycles. The van der Waals surface area contributed by atoms with Crippen molar-refractivity contribution < 1.29 is 23.0 Å². The van der Waals surface area contributed by atoms with Crippen LogP contribution in [0.2, 0.25) is 0 Å². The quantitative estimate of drug-likeness (QED) is 0.563. The van der Waals surface area contributed by atoms with Crippen LogP contribution in [0.5, 0.6) is 5.75 Å². The number of alkyl halides is 3. The monoisotopic (exact) mass is 485 g/mol. The minimum atomic E-state index is -4.80. The third-order valence-electron chi connectivity index (χ3n) is 6.53. The Balaban J connectivity index is 1.25. The molecule has 5 rings (SSSR count). The number of aromatic nitrogens is 2. The summed E-state index contributed by atoms with van der Waals surface area (Å²) in [6, 6.07) is 15.9. The van der Waals surface area contributed by atoms with Gasteiger partial charge in [0.1, 0.15) is 18.0 Å². The van der Waals surface area contributed by atoms with E-state index in [0.717, 1.165) is 25.9 Å². The van der Waals surface area contributed by atoms with E-state index in [4.69, 9.17) is 0 Å². The zero-order chi connectivity index (χ0) is 24.4. The average molecular weight is 486 g/mol. The van der Waals surface area contributed by atoms with Gasteiger partial charge in [0.05, 0.1) is 11.8 Å². The molecule has 0 spiro atoms. The molecule has 0 amide bonds. The van der Waals surface area contributed by atoms with E-state index < -0.39 is 12.5 Å². The van der Waals surface area contributed by atoms with Crippen molar-refractivity contribution in [1.82, 2.24) is 14.9 Å². The summed E-state index contributed by atoms with van der Waals surface area (Å²) in [5.41, 5.74) is 2.83. The van der Waals surface area contributed by atoms with Crippen LogP contribution in [-0.2, 0) is 13.0 Å². The second-order valence-electron chi connectivity index (χ2n) is 8.79. The van der Waals surface area contributed by atoms with E-state index in [-0.39, 0.29) is 17.5 Å². The lowest BCUT2D eigenvalue weighted by molar-refractivity contribution is -0.274. The smallest absolute Gasteiger partial charge is 0.404 e. The summed E-state index contributed by atoms with van der Waals surface area (Å²) in [5, 5.41) is 13.9. The molecule has 2 atom stereocenters. The summed E-state index contributed by atoms with van der Waals surface area (Å²) in [5.74, 6) is 0.579. The van der Waals surface area contributed by atoms with Crippen molar-refractivity contribution in [1.29, 1.82) is 0 Å². The lowest BCUT2D eigenvalue weighted by Gasteiger charge is -2.43. The highest BCUT2D eigenvalue weighted by Crippen LogP contribution is 2.32. The molecule has 2 aromatic carbocycles. The summed E-state index contributed by atoms with van der Waals surface area (Å²) in [6.45, 7) is 2.86. The number of piperidine rings is 1. The van der Waals surface area contributed by atoms with Crippen LogP contribution in [0.25, 0.3) is 0 Å². The van der Waals surface area contributed by atoms with Gasteiger partial charge < -0.3 is 20.1 Å². The van der Waals surface area contributed by atoms with Gasteiger partial charge in [0.2, 0.25) is 0 Å². The van der Waals surface area contributed by atoms with E-state index >= 15 is 0 Å². The number of nitrogens with zero attached hydrogens (tertiary/aromatic N) is 4. The maximum absolute atomic E-state index is 12.7. The van der Waals surface area contributed by atoms with Crippen molar-refractivity contribution in [3.05, 3.63) is 72.1 Å². The van der Waals surface area contributed by atoms with E-state index in [2.05, 4.69) is 49.2 Å². The second kappa shape index (κ2) is 9.71. The van der Waals surface area contributed by atoms with E-state index in [1.165, 1.54) is 35.7 Å². The van der Waals surface area contributed by atoms with Crippen LogP contribution in [0.1, 0.15) is 17.5 Å². The number of halogens is 3. The third kappa shape index (κ3) is 5.49. The molecule has 10 heteroatoms. The van der Waals surface area contributed by atoms with Crippen molar-refractivity contribution in [2.75, 3.05) is 29.9 Å². The summed E-state index contributed by atoms with van der Waals surface area (Å²) >= 11 is 0. The number of hydrogen-bond donors (Lipinski definition) is 2. The van der Waals surface area contributed by atoms with Crippen LogP contribution in [-0.4, -0.2) is 58.1 Å². The predicted molar refractivity (Wildman–Crippen MR) is 126 cm³/mol. The number of β-amino-alcohol motifs (C(OH)–C–C–N with tert-alkyl or cyclic N) is 1. The molecular formula is C25H26F3N5O2. The molecule has 1 saturated heterocycles. The number of rotatable bonds is 5. The fourth-order valence-electron chi connectivity index (χ4n) is 4.86. The largest absolute Gasteiger partial charge is 0.573 e. The molecule has 35 heavy (non-hydrogen) atoms. The van der Waals surface area contributed by atoms with Gasteiger partial charge in [0.15, 0.2) is 5.75 Å². The molecule has 2 N–H and O–H groups in total. The number of aliphatic hydroxyl groups excluding tert-OH is 1. The maximum atomic E-state index is 12.7. The fraction of sp³-hybridized carbons (Fsp3) is 0.360. The molecule has 2 aliphatic rings. The van der Waals surface area contributed by atoms with Crippen molar-refractivity contribution in [3.8, 4) is 5.75 Å². The summed E-state index contributed by atoms with van der Waals surface area (Å²) in [4.78, 5) is 12.8. The number of anilines is 3. The highest BCUT2D eigenvalue weighted by Gasteiger charge is 2.34. The van der Waals surface area contributed by atoms with Crippen LogP contribution in [0.4, 0.5) is 30.5 Å². The number of aliphatic hydroxyl groups is 1. The molecule has 2 aliphatic heterocycles. The number of para-hydroxylation sites is 2. The molecule has 184 valence electrons. The van der Waals surface area contributed by atoms with E-state index in [9.17, 15) is 18.3 Å². The fourth-order valence-corrected chi connectivity index (χ4v) is 4.86. The number of hydrogen-bond acceptors (Lipinski definition) is 7. The van der Waals surface area contributed by atoms with Gasteiger partial charge in [0, 0.05) is 38.3 Å². The number of fused-ring (bicyclic) bond motifs is 1. The van der Waals surface area contributed by atoms with Crippen LogP contribution < -0.4 is 15.0 Å². The molecule has 0 radical (unpaired) electrons. The first kappa shape index (κ1) is 23.4. The first-order valence-electron chi connectivity index (χ1n) is 11.5. The van der Waals surface area contributed by atoms with E-state index in [1.54, 1.807) is 12.1 Å². The molecule has 3 heterocycles. The van der Waals surface area contributed by atoms with Crippen LogP contribution >= 0.6 is 0 Å². The predicted octanol–water partition coefficient (Wildman–Crippen LogP) is 4.12. The van der Waals surface area contributed by atoms with E-state index in [1.807, 2.05) is 4.90 Å². The van der Waals surface area contributed by atoms with Crippen molar-refractivity contribution >= 4 is 17.3 Å². The number of ether oxygens (including phenoxy) is 1. The summed E-state index contributed by atoms with van der Waals surface area (Å²) in [6.07, 6.45) is -2.25. The minimum absolute atomic E-state index is 0.0606. The first-order valence-corrected chi connectivity index (χ1v) is 11.5. The van der Waals surface area contributed by atoms with Crippen molar-refractivity contribution in [3.63, 3.8) is 0 Å².